The smallest absolute Gasteiger partial charge is 0.223 e. The summed E-state index contributed by atoms with van der Waals surface area (Å²) in [7, 11) is 2.19. The highest BCUT2D eigenvalue weighted by molar-refractivity contribution is 6.30. The van der Waals surface area contributed by atoms with Gasteiger partial charge in [0, 0.05) is 10.7 Å². The van der Waals surface area contributed by atoms with Crippen LogP contribution in [-0.2, 0) is 4.79 Å². The molecule has 0 spiro atoms. The van der Waals surface area contributed by atoms with Gasteiger partial charge >= 0.3 is 0 Å². The van der Waals surface area contributed by atoms with Gasteiger partial charge in [-0.1, -0.05) is 17.7 Å². The molecular weight excluding hydrogens is 262 g/mol. The first-order valence-corrected chi connectivity index (χ1v) is 6.99. The Balaban J connectivity index is 1.93. The van der Waals surface area contributed by atoms with Crippen molar-refractivity contribution in [3.05, 3.63) is 29.3 Å². The molecular formula is C14H21ClN3O+. The Bertz CT molecular complexity index is 456. The van der Waals surface area contributed by atoms with E-state index in [1.54, 1.807) is 0 Å². The number of benzene rings is 1. The fourth-order valence-corrected chi connectivity index (χ4v) is 2.67. The van der Waals surface area contributed by atoms with E-state index in [1.807, 2.05) is 18.2 Å². The van der Waals surface area contributed by atoms with Gasteiger partial charge in [-0.05, 0) is 18.2 Å². The summed E-state index contributed by atoms with van der Waals surface area (Å²) in [6.45, 7) is 4.85. The number of carbonyl (C=O) groups is 1. The first-order chi connectivity index (χ1) is 8.98. The van der Waals surface area contributed by atoms with Gasteiger partial charge in [-0.3, -0.25) is 4.79 Å². The van der Waals surface area contributed by atoms with Crippen LogP contribution in [0, 0.1) is 0 Å². The van der Waals surface area contributed by atoms with Crippen LogP contribution in [0.25, 0.3) is 0 Å². The summed E-state index contributed by atoms with van der Waals surface area (Å²) in [5.41, 5.74) is 6.40. The van der Waals surface area contributed by atoms with Gasteiger partial charge in [0.25, 0.3) is 0 Å². The molecule has 0 saturated carbocycles. The van der Waals surface area contributed by atoms with Crippen molar-refractivity contribution in [2.24, 2.45) is 5.73 Å². The average molecular weight is 283 g/mol. The predicted molar refractivity (Wildman–Crippen MR) is 78.3 cm³/mol. The van der Waals surface area contributed by atoms with Gasteiger partial charge in [-0.25, -0.2) is 0 Å². The Morgan fingerprint density at radius 2 is 2.11 bits per heavy atom. The summed E-state index contributed by atoms with van der Waals surface area (Å²) < 4.78 is 0.917. The Morgan fingerprint density at radius 3 is 2.68 bits per heavy atom. The molecule has 1 amide bonds. The maximum Gasteiger partial charge on any atom is 0.223 e. The molecule has 0 atom stereocenters. The highest BCUT2D eigenvalue weighted by Crippen LogP contribution is 2.22. The number of amides is 1. The van der Waals surface area contributed by atoms with E-state index in [2.05, 4.69) is 18.0 Å². The second kappa shape index (κ2) is 5.80. The topological polar surface area (TPSA) is 46.3 Å². The van der Waals surface area contributed by atoms with Gasteiger partial charge in [0.1, 0.15) is 0 Å². The van der Waals surface area contributed by atoms with Crippen LogP contribution in [0.5, 0.6) is 0 Å². The van der Waals surface area contributed by atoms with Gasteiger partial charge in [0.15, 0.2) is 0 Å². The number of carbonyl (C=O) groups excluding carboxylic acids is 1. The van der Waals surface area contributed by atoms with Gasteiger partial charge < -0.3 is 15.1 Å². The minimum atomic E-state index is -0.211. The lowest BCUT2D eigenvalue weighted by atomic mass is 10.2. The van der Waals surface area contributed by atoms with Crippen molar-refractivity contribution in [2.45, 2.75) is 6.42 Å². The Hall–Kier alpha value is -1.26. The maximum atomic E-state index is 10.9. The molecule has 5 heteroatoms. The van der Waals surface area contributed by atoms with Crippen LogP contribution in [0.2, 0.25) is 5.02 Å². The molecule has 1 aliphatic rings. The minimum Gasteiger partial charge on any atom is -0.369 e. The molecule has 1 heterocycles. The number of piperazine rings is 1. The van der Waals surface area contributed by atoms with Crippen molar-refractivity contribution in [3.63, 3.8) is 0 Å². The van der Waals surface area contributed by atoms with E-state index in [1.165, 1.54) is 5.69 Å². The SMILES string of the molecule is C[N+]1(CCC(N)=O)CCN(c2cccc(Cl)c2)CC1. The van der Waals surface area contributed by atoms with E-state index >= 15 is 0 Å². The van der Waals surface area contributed by atoms with Crippen molar-refractivity contribution in [3.8, 4) is 0 Å². The molecule has 1 aliphatic heterocycles. The molecule has 0 aromatic heterocycles. The zero-order chi connectivity index (χ0) is 13.9. The molecule has 0 aliphatic carbocycles. The van der Waals surface area contributed by atoms with Crippen LogP contribution in [0.1, 0.15) is 6.42 Å². The van der Waals surface area contributed by atoms with Crippen LogP contribution in [0.3, 0.4) is 0 Å². The lowest BCUT2D eigenvalue weighted by Crippen LogP contribution is -2.58. The lowest BCUT2D eigenvalue weighted by molar-refractivity contribution is -0.909. The van der Waals surface area contributed by atoms with E-state index in [9.17, 15) is 4.79 Å². The first-order valence-electron chi connectivity index (χ1n) is 6.61. The van der Waals surface area contributed by atoms with Gasteiger partial charge in [-0.2, -0.15) is 0 Å². The summed E-state index contributed by atoms with van der Waals surface area (Å²) in [5, 5.41) is 0.772. The molecule has 1 aromatic rings. The number of halogens is 1. The van der Waals surface area contributed by atoms with E-state index < -0.39 is 0 Å². The number of nitrogens with zero attached hydrogens (tertiary/aromatic N) is 2. The zero-order valence-electron chi connectivity index (χ0n) is 11.3. The van der Waals surface area contributed by atoms with Crippen LogP contribution in [0.15, 0.2) is 24.3 Å². The summed E-state index contributed by atoms with van der Waals surface area (Å²) in [4.78, 5) is 13.2. The number of primary amides is 1. The van der Waals surface area contributed by atoms with Crippen LogP contribution >= 0.6 is 11.6 Å². The fourth-order valence-electron chi connectivity index (χ4n) is 2.48. The van der Waals surface area contributed by atoms with Crippen molar-refractivity contribution in [2.75, 3.05) is 44.7 Å². The zero-order valence-corrected chi connectivity index (χ0v) is 12.1. The number of hydrogen-bond donors (Lipinski definition) is 1. The fraction of sp³-hybridized carbons (Fsp3) is 0.500. The second-order valence-corrected chi connectivity index (χ2v) is 5.91. The van der Waals surface area contributed by atoms with E-state index in [-0.39, 0.29) is 5.91 Å². The Labute approximate surface area is 119 Å². The van der Waals surface area contributed by atoms with E-state index in [4.69, 9.17) is 17.3 Å². The van der Waals surface area contributed by atoms with Crippen molar-refractivity contribution in [1.29, 1.82) is 0 Å². The molecule has 0 unspecified atom stereocenters. The quantitative estimate of drug-likeness (QED) is 0.851. The summed E-state index contributed by atoms with van der Waals surface area (Å²) in [6.07, 6.45) is 0.466. The molecule has 4 nitrogen and oxygen atoms in total. The molecule has 2 rings (SSSR count). The maximum absolute atomic E-state index is 10.9. The lowest BCUT2D eigenvalue weighted by Gasteiger charge is -2.42. The first kappa shape index (κ1) is 14.2. The second-order valence-electron chi connectivity index (χ2n) is 5.47. The molecule has 1 aromatic carbocycles. The molecule has 1 fully saturated rings. The number of anilines is 1. The van der Waals surface area contributed by atoms with Gasteiger partial charge in [0.05, 0.1) is 46.2 Å². The van der Waals surface area contributed by atoms with E-state index in [0.717, 1.165) is 42.2 Å². The summed E-state index contributed by atoms with van der Waals surface area (Å²) in [5.74, 6) is -0.211. The number of likely N-dealkylation sites (N-methyl/N-ethyl adjacent to an activating group) is 1. The highest BCUT2D eigenvalue weighted by atomic mass is 35.5. The Kier molecular flexibility index (Phi) is 4.32. The van der Waals surface area contributed by atoms with Crippen molar-refractivity contribution in [1.82, 2.24) is 0 Å². The highest BCUT2D eigenvalue weighted by Gasteiger charge is 2.28. The minimum absolute atomic E-state index is 0.211. The third-order valence-electron chi connectivity index (χ3n) is 3.89. The number of nitrogens with two attached hydrogens (primary N) is 1. The van der Waals surface area contributed by atoms with Crippen molar-refractivity contribution >= 4 is 23.2 Å². The van der Waals surface area contributed by atoms with E-state index in [0.29, 0.717) is 6.42 Å². The third-order valence-corrected chi connectivity index (χ3v) is 4.13. The normalized spacial score (nSPS) is 18.3. The largest absolute Gasteiger partial charge is 0.369 e. The third kappa shape index (κ3) is 3.85. The average Bonchev–Trinajstić information content (AvgIpc) is 2.37. The summed E-state index contributed by atoms with van der Waals surface area (Å²) >= 11 is 6.02. The molecule has 0 bridgehead atoms. The summed E-state index contributed by atoms with van der Waals surface area (Å²) in [6, 6.07) is 7.96. The standard InChI is InChI=1S/C14H20ClN3O/c1-18(8-5-14(16)19)9-6-17(7-10-18)13-4-2-3-12(15)11-13/h2-4,11H,5-10H2,1H3,(H-,16,19)/p+1. The van der Waals surface area contributed by atoms with Crippen molar-refractivity contribution < 1.29 is 9.28 Å². The number of quaternary nitrogens is 1. The van der Waals surface area contributed by atoms with Crippen LogP contribution in [0.4, 0.5) is 5.69 Å². The molecule has 19 heavy (non-hydrogen) atoms. The number of rotatable bonds is 4. The van der Waals surface area contributed by atoms with Gasteiger partial charge in [0.2, 0.25) is 5.91 Å². The predicted octanol–water partition coefficient (Wildman–Crippen LogP) is 1.48. The van der Waals surface area contributed by atoms with Gasteiger partial charge in [-0.15, -0.1) is 0 Å². The monoisotopic (exact) mass is 282 g/mol. The molecule has 0 radical (unpaired) electrons. The Morgan fingerprint density at radius 1 is 1.42 bits per heavy atom. The molecule has 104 valence electrons. The molecule has 1 saturated heterocycles. The number of hydrogen-bond acceptors (Lipinski definition) is 2. The molecule has 2 N–H and O–H groups in total. The van der Waals surface area contributed by atoms with Crippen LogP contribution < -0.4 is 10.6 Å². The van der Waals surface area contributed by atoms with Crippen LogP contribution in [-0.4, -0.2) is 50.2 Å².